The summed E-state index contributed by atoms with van der Waals surface area (Å²) < 4.78 is 15.8. The molecule has 2 atom stereocenters. The molecule has 0 saturated carbocycles. The third kappa shape index (κ3) is 4.45. The van der Waals surface area contributed by atoms with Gasteiger partial charge in [-0.3, -0.25) is 0 Å². The highest BCUT2D eigenvalue weighted by molar-refractivity contribution is 9.10. The molecule has 0 aliphatic rings. The summed E-state index contributed by atoms with van der Waals surface area (Å²) in [6.07, 6.45) is 0. The Hall–Kier alpha value is 0.260. The Bertz CT molecular complexity index is 395. The summed E-state index contributed by atoms with van der Waals surface area (Å²) in [6.45, 7) is 7.79. The minimum absolute atomic E-state index is 0.0249. The molecule has 96 valence electrons. The normalized spacial score (nSPS) is 15.7. The van der Waals surface area contributed by atoms with Gasteiger partial charge in [-0.1, -0.05) is 27.5 Å². The van der Waals surface area contributed by atoms with Gasteiger partial charge in [0, 0.05) is 20.9 Å². The molecular weight excluding hydrogens is 322 g/mol. The molecule has 1 aromatic carbocycles. The maximum Gasteiger partial charge on any atom is 0.136 e. The molecule has 2 nitrogen and oxygen atoms in total. The molecular formula is C12H17BrClNOS. The van der Waals surface area contributed by atoms with E-state index in [0.29, 0.717) is 5.02 Å². The lowest BCUT2D eigenvalue weighted by atomic mass is 10.1. The van der Waals surface area contributed by atoms with Crippen LogP contribution in [0.2, 0.25) is 5.02 Å². The smallest absolute Gasteiger partial charge is 0.136 e. The SMILES string of the molecule is C[C@@H](N[S+]([O-])C(C)(C)C)c1cc(Cl)ccc1Br. The van der Waals surface area contributed by atoms with Crippen LogP contribution in [0.25, 0.3) is 0 Å². The molecule has 5 heteroatoms. The fourth-order valence-electron chi connectivity index (χ4n) is 1.25. The Balaban J connectivity index is 2.83. The Labute approximate surface area is 120 Å². The van der Waals surface area contributed by atoms with Gasteiger partial charge in [0.1, 0.15) is 4.75 Å². The highest BCUT2D eigenvalue weighted by atomic mass is 79.9. The van der Waals surface area contributed by atoms with Gasteiger partial charge in [0.05, 0.1) is 6.04 Å². The van der Waals surface area contributed by atoms with Crippen molar-refractivity contribution < 1.29 is 4.55 Å². The zero-order chi connectivity index (χ0) is 13.2. The topological polar surface area (TPSA) is 35.1 Å². The molecule has 0 aliphatic carbocycles. The first-order valence-corrected chi connectivity index (χ1v) is 7.67. The van der Waals surface area contributed by atoms with Crippen molar-refractivity contribution in [2.24, 2.45) is 0 Å². The minimum atomic E-state index is -1.10. The Kier molecular flexibility index (Phi) is 5.35. The largest absolute Gasteiger partial charge is 0.598 e. The van der Waals surface area contributed by atoms with Gasteiger partial charge in [0.15, 0.2) is 0 Å². The second-order valence-corrected chi connectivity index (χ2v) is 8.18. The van der Waals surface area contributed by atoms with Crippen LogP contribution in [-0.2, 0) is 11.4 Å². The molecule has 0 spiro atoms. The summed E-state index contributed by atoms with van der Waals surface area (Å²) in [5.41, 5.74) is 1.01. The van der Waals surface area contributed by atoms with Gasteiger partial charge in [0.2, 0.25) is 0 Å². The van der Waals surface area contributed by atoms with Crippen molar-refractivity contribution >= 4 is 38.9 Å². The van der Waals surface area contributed by atoms with E-state index in [1.54, 1.807) is 0 Å². The van der Waals surface area contributed by atoms with Crippen LogP contribution in [0, 0.1) is 0 Å². The molecule has 0 radical (unpaired) electrons. The van der Waals surface area contributed by atoms with Gasteiger partial charge < -0.3 is 4.55 Å². The molecule has 0 aromatic heterocycles. The summed E-state index contributed by atoms with van der Waals surface area (Å²) in [4.78, 5) is 0. The second kappa shape index (κ2) is 5.93. The first-order chi connectivity index (χ1) is 7.71. The average molecular weight is 339 g/mol. The standard InChI is InChI=1S/C12H17BrClNOS/c1-8(15-17(16)12(2,3)4)10-7-9(14)5-6-11(10)13/h5-8,15H,1-4H3/t8-,17?/m1/s1. The van der Waals surface area contributed by atoms with Crippen LogP contribution < -0.4 is 4.72 Å². The van der Waals surface area contributed by atoms with E-state index >= 15 is 0 Å². The van der Waals surface area contributed by atoms with E-state index in [9.17, 15) is 4.55 Å². The molecule has 0 saturated heterocycles. The first-order valence-electron chi connectivity index (χ1n) is 5.35. The second-order valence-electron chi connectivity index (χ2n) is 4.89. The van der Waals surface area contributed by atoms with Crippen LogP contribution in [0.3, 0.4) is 0 Å². The highest BCUT2D eigenvalue weighted by Gasteiger charge is 2.28. The molecule has 1 unspecified atom stereocenters. The van der Waals surface area contributed by atoms with Crippen LogP contribution in [0.1, 0.15) is 39.3 Å². The van der Waals surface area contributed by atoms with Gasteiger partial charge in [-0.05, 0) is 51.5 Å². The van der Waals surface area contributed by atoms with Crippen LogP contribution in [0.5, 0.6) is 0 Å². The number of rotatable bonds is 3. The monoisotopic (exact) mass is 337 g/mol. The van der Waals surface area contributed by atoms with E-state index in [0.717, 1.165) is 10.0 Å². The number of hydrogen-bond acceptors (Lipinski definition) is 2. The summed E-state index contributed by atoms with van der Waals surface area (Å²) in [5.74, 6) is 0. The van der Waals surface area contributed by atoms with Gasteiger partial charge in [0.25, 0.3) is 0 Å². The van der Waals surface area contributed by atoms with Crippen molar-refractivity contribution in [2.45, 2.75) is 38.5 Å². The molecule has 17 heavy (non-hydrogen) atoms. The van der Waals surface area contributed by atoms with Gasteiger partial charge >= 0.3 is 0 Å². The fourth-order valence-corrected chi connectivity index (χ4v) is 2.82. The van der Waals surface area contributed by atoms with Crippen molar-refractivity contribution in [3.63, 3.8) is 0 Å². The predicted octanol–water partition coefficient (Wildman–Crippen LogP) is 4.22. The molecule has 0 bridgehead atoms. The first kappa shape index (κ1) is 15.3. The average Bonchev–Trinajstić information content (AvgIpc) is 2.20. The van der Waals surface area contributed by atoms with Gasteiger partial charge in [-0.15, -0.1) is 4.72 Å². The minimum Gasteiger partial charge on any atom is -0.598 e. The molecule has 0 heterocycles. The van der Waals surface area contributed by atoms with Crippen LogP contribution >= 0.6 is 27.5 Å². The number of halogens is 2. The third-order valence-electron chi connectivity index (χ3n) is 2.26. The van der Waals surface area contributed by atoms with Crippen molar-refractivity contribution in [1.29, 1.82) is 0 Å². The summed E-state index contributed by atoms with van der Waals surface area (Å²) in [7, 11) is 0. The third-order valence-corrected chi connectivity index (χ3v) is 4.90. The molecule has 0 fully saturated rings. The zero-order valence-electron chi connectivity index (χ0n) is 10.4. The van der Waals surface area contributed by atoms with Crippen molar-refractivity contribution in [3.05, 3.63) is 33.3 Å². The number of benzene rings is 1. The maximum atomic E-state index is 12.0. The van der Waals surface area contributed by atoms with E-state index in [-0.39, 0.29) is 10.8 Å². The Morgan fingerprint density at radius 2 is 2.00 bits per heavy atom. The Morgan fingerprint density at radius 3 is 2.53 bits per heavy atom. The molecule has 1 rings (SSSR count). The van der Waals surface area contributed by atoms with Crippen molar-refractivity contribution in [3.8, 4) is 0 Å². The summed E-state index contributed by atoms with van der Waals surface area (Å²) >= 11 is 8.34. The molecule has 0 amide bonds. The lowest BCUT2D eigenvalue weighted by Gasteiger charge is -2.27. The molecule has 1 N–H and O–H groups in total. The zero-order valence-corrected chi connectivity index (χ0v) is 13.5. The van der Waals surface area contributed by atoms with E-state index < -0.39 is 11.4 Å². The lowest BCUT2D eigenvalue weighted by Crippen LogP contribution is -2.40. The van der Waals surface area contributed by atoms with Crippen molar-refractivity contribution in [2.75, 3.05) is 0 Å². The van der Waals surface area contributed by atoms with E-state index in [1.165, 1.54) is 0 Å². The van der Waals surface area contributed by atoms with Crippen LogP contribution in [0.15, 0.2) is 22.7 Å². The van der Waals surface area contributed by atoms with Gasteiger partial charge in [-0.25, -0.2) is 0 Å². The van der Waals surface area contributed by atoms with Crippen LogP contribution in [-0.4, -0.2) is 9.30 Å². The number of hydrogen-bond donors (Lipinski definition) is 1. The highest BCUT2D eigenvalue weighted by Crippen LogP contribution is 2.28. The molecule has 1 aromatic rings. The van der Waals surface area contributed by atoms with Crippen LogP contribution in [0.4, 0.5) is 0 Å². The summed E-state index contributed by atoms with van der Waals surface area (Å²) in [5, 5.41) is 0.679. The van der Waals surface area contributed by atoms with Crippen molar-refractivity contribution in [1.82, 2.24) is 4.72 Å². The number of nitrogens with one attached hydrogen (secondary N) is 1. The lowest BCUT2D eigenvalue weighted by molar-refractivity contribution is 0.531. The maximum absolute atomic E-state index is 12.0. The quantitative estimate of drug-likeness (QED) is 0.838. The molecule has 0 aliphatic heterocycles. The fraction of sp³-hybridized carbons (Fsp3) is 0.500. The van der Waals surface area contributed by atoms with Gasteiger partial charge in [-0.2, -0.15) is 0 Å². The Morgan fingerprint density at radius 1 is 1.41 bits per heavy atom. The summed E-state index contributed by atoms with van der Waals surface area (Å²) in [6, 6.07) is 5.57. The van der Waals surface area contributed by atoms with E-state index in [4.69, 9.17) is 11.6 Å². The van der Waals surface area contributed by atoms with E-state index in [2.05, 4.69) is 20.7 Å². The van der Waals surface area contributed by atoms with E-state index in [1.807, 2.05) is 45.9 Å². The predicted molar refractivity (Wildman–Crippen MR) is 78.6 cm³/mol.